The van der Waals surface area contributed by atoms with Crippen LogP contribution in [-0.4, -0.2) is 52.4 Å². The maximum Gasteiger partial charge on any atom is 0.410 e. The van der Waals surface area contributed by atoms with Gasteiger partial charge in [-0.25, -0.2) is 4.79 Å². The van der Waals surface area contributed by atoms with Crippen molar-refractivity contribution in [2.75, 3.05) is 13.1 Å². The van der Waals surface area contributed by atoms with Gasteiger partial charge in [0.2, 0.25) is 0 Å². The van der Waals surface area contributed by atoms with Crippen LogP contribution in [0.25, 0.3) is 0 Å². The third kappa shape index (κ3) is 4.58. The zero-order chi connectivity index (χ0) is 17.2. The second kappa shape index (κ2) is 6.44. The van der Waals surface area contributed by atoms with E-state index in [-0.39, 0.29) is 23.8 Å². The molecule has 1 aliphatic rings. The van der Waals surface area contributed by atoms with E-state index in [0.717, 1.165) is 0 Å². The molecule has 7 nitrogen and oxygen atoms in total. The Morgan fingerprint density at radius 1 is 1.35 bits per heavy atom. The Hall–Kier alpha value is -2.31. The smallest absolute Gasteiger partial charge is 0.410 e. The molecule has 1 fully saturated rings. The fourth-order valence-corrected chi connectivity index (χ4v) is 2.36. The lowest BCUT2D eigenvalue weighted by Crippen LogP contribution is -2.40. The van der Waals surface area contributed by atoms with Gasteiger partial charge in [-0.1, -0.05) is 0 Å². The quantitative estimate of drug-likeness (QED) is 0.833. The van der Waals surface area contributed by atoms with Crippen molar-refractivity contribution in [3.05, 3.63) is 23.5 Å². The van der Waals surface area contributed by atoms with Crippen LogP contribution in [0.5, 0.6) is 0 Å². The molecule has 2 amide bonds. The van der Waals surface area contributed by atoms with Gasteiger partial charge < -0.3 is 19.9 Å². The van der Waals surface area contributed by atoms with E-state index >= 15 is 0 Å². The third-order valence-electron chi connectivity index (χ3n) is 3.51. The molecule has 0 saturated carbocycles. The highest BCUT2D eigenvalue weighted by atomic mass is 16.6. The second-order valence-electron chi connectivity index (χ2n) is 6.74. The zero-order valence-electron chi connectivity index (χ0n) is 13.9. The second-order valence-corrected chi connectivity index (χ2v) is 6.74. The first-order valence-electron chi connectivity index (χ1n) is 7.64. The highest BCUT2D eigenvalue weighted by molar-refractivity contribution is 5.99. The summed E-state index contributed by atoms with van der Waals surface area (Å²) in [4.78, 5) is 39.8. The van der Waals surface area contributed by atoms with Gasteiger partial charge in [0, 0.05) is 30.9 Å². The SMILES string of the molecule is CC(=O)c1c[nH]c(C(=O)NC2CCN(C(=O)OC(C)(C)C)C2)c1. The Labute approximate surface area is 135 Å². The van der Waals surface area contributed by atoms with E-state index in [9.17, 15) is 14.4 Å². The molecule has 2 heterocycles. The number of aromatic nitrogens is 1. The van der Waals surface area contributed by atoms with Crippen molar-refractivity contribution in [1.29, 1.82) is 0 Å². The van der Waals surface area contributed by atoms with Gasteiger partial charge in [0.25, 0.3) is 5.91 Å². The van der Waals surface area contributed by atoms with Gasteiger partial charge in [-0.05, 0) is 40.2 Å². The van der Waals surface area contributed by atoms with Crippen LogP contribution in [0.4, 0.5) is 4.79 Å². The number of ketones is 1. The van der Waals surface area contributed by atoms with Gasteiger partial charge in [0.1, 0.15) is 11.3 Å². The summed E-state index contributed by atoms with van der Waals surface area (Å²) in [6.07, 6.45) is 1.82. The molecule has 0 bridgehead atoms. The van der Waals surface area contributed by atoms with Crippen molar-refractivity contribution >= 4 is 17.8 Å². The number of nitrogens with one attached hydrogen (secondary N) is 2. The van der Waals surface area contributed by atoms with Gasteiger partial charge >= 0.3 is 6.09 Å². The van der Waals surface area contributed by atoms with Crippen molar-refractivity contribution in [2.24, 2.45) is 0 Å². The monoisotopic (exact) mass is 321 g/mol. The van der Waals surface area contributed by atoms with E-state index in [2.05, 4.69) is 10.3 Å². The van der Waals surface area contributed by atoms with Gasteiger partial charge in [-0.15, -0.1) is 0 Å². The molecule has 1 aromatic heterocycles. The number of rotatable bonds is 3. The normalized spacial score (nSPS) is 17.9. The standard InChI is InChI=1S/C16H23N3O4/c1-10(20)11-7-13(17-8-11)14(21)18-12-5-6-19(9-12)15(22)23-16(2,3)4/h7-8,12,17H,5-6,9H2,1-4H3,(H,18,21). The molecule has 0 spiro atoms. The Morgan fingerprint density at radius 3 is 2.61 bits per heavy atom. The zero-order valence-corrected chi connectivity index (χ0v) is 13.9. The minimum Gasteiger partial charge on any atom is -0.444 e. The summed E-state index contributed by atoms with van der Waals surface area (Å²) in [6.45, 7) is 7.86. The summed E-state index contributed by atoms with van der Waals surface area (Å²) in [5, 5.41) is 2.86. The molecule has 7 heteroatoms. The first kappa shape index (κ1) is 17.1. The van der Waals surface area contributed by atoms with E-state index in [4.69, 9.17) is 4.74 Å². The van der Waals surface area contributed by atoms with Crippen LogP contribution in [0.2, 0.25) is 0 Å². The van der Waals surface area contributed by atoms with E-state index in [1.165, 1.54) is 19.2 Å². The molecule has 0 aliphatic carbocycles. The summed E-state index contributed by atoms with van der Waals surface area (Å²) in [6, 6.07) is 1.40. The molecule has 23 heavy (non-hydrogen) atoms. The number of likely N-dealkylation sites (tertiary alicyclic amines) is 1. The molecule has 1 aliphatic heterocycles. The Morgan fingerprint density at radius 2 is 2.04 bits per heavy atom. The average molecular weight is 321 g/mol. The first-order valence-corrected chi connectivity index (χ1v) is 7.64. The number of hydrogen-bond acceptors (Lipinski definition) is 4. The van der Waals surface area contributed by atoms with E-state index in [1.807, 2.05) is 20.8 Å². The predicted molar refractivity (Wildman–Crippen MR) is 84.5 cm³/mol. The van der Waals surface area contributed by atoms with E-state index in [0.29, 0.717) is 30.8 Å². The molecule has 2 N–H and O–H groups in total. The molecule has 0 aromatic carbocycles. The van der Waals surface area contributed by atoms with Crippen molar-refractivity contribution in [3.8, 4) is 0 Å². The number of H-pyrrole nitrogens is 1. The van der Waals surface area contributed by atoms with Crippen LogP contribution in [0.1, 0.15) is 55.0 Å². The highest BCUT2D eigenvalue weighted by Crippen LogP contribution is 2.15. The van der Waals surface area contributed by atoms with E-state index < -0.39 is 5.60 Å². The van der Waals surface area contributed by atoms with Crippen LogP contribution in [0.3, 0.4) is 0 Å². The highest BCUT2D eigenvalue weighted by Gasteiger charge is 2.30. The number of hydrogen-bond donors (Lipinski definition) is 2. The molecule has 1 unspecified atom stereocenters. The van der Waals surface area contributed by atoms with Crippen molar-refractivity contribution in [3.63, 3.8) is 0 Å². The fraction of sp³-hybridized carbons (Fsp3) is 0.562. The molecule has 1 saturated heterocycles. The summed E-state index contributed by atoms with van der Waals surface area (Å²) < 4.78 is 5.32. The number of nitrogens with zero attached hydrogens (tertiary/aromatic N) is 1. The summed E-state index contributed by atoms with van der Waals surface area (Å²) in [7, 11) is 0. The first-order chi connectivity index (χ1) is 10.7. The van der Waals surface area contributed by atoms with Crippen LogP contribution in [-0.2, 0) is 4.74 Å². The number of Topliss-reactive ketones (excluding diaryl/α,β-unsaturated/α-hetero) is 1. The van der Waals surface area contributed by atoms with Crippen LogP contribution in [0, 0.1) is 0 Å². The predicted octanol–water partition coefficient (Wildman–Crippen LogP) is 1.96. The maximum absolute atomic E-state index is 12.2. The largest absolute Gasteiger partial charge is 0.444 e. The minimum absolute atomic E-state index is 0.0998. The lowest BCUT2D eigenvalue weighted by molar-refractivity contribution is 0.0290. The summed E-state index contributed by atoms with van der Waals surface area (Å²) in [5.41, 5.74) is 0.272. The van der Waals surface area contributed by atoms with Crippen LogP contribution in [0.15, 0.2) is 12.3 Å². The lowest BCUT2D eigenvalue weighted by Gasteiger charge is -2.24. The molecule has 126 valence electrons. The van der Waals surface area contributed by atoms with E-state index in [1.54, 1.807) is 4.90 Å². The molecular formula is C16H23N3O4. The summed E-state index contributed by atoms with van der Waals surface area (Å²) in [5.74, 6) is -0.384. The topological polar surface area (TPSA) is 91.5 Å². The number of carbonyl (C=O) groups excluding carboxylic acids is 3. The summed E-state index contributed by atoms with van der Waals surface area (Å²) >= 11 is 0. The fourth-order valence-electron chi connectivity index (χ4n) is 2.36. The Balaban J connectivity index is 1.88. The average Bonchev–Trinajstić information content (AvgIpc) is 3.05. The van der Waals surface area contributed by atoms with Crippen molar-refractivity contribution < 1.29 is 19.1 Å². The van der Waals surface area contributed by atoms with Gasteiger partial charge in [-0.3, -0.25) is 9.59 Å². The Kier molecular flexibility index (Phi) is 4.77. The number of ether oxygens (including phenoxy) is 1. The molecule has 1 atom stereocenters. The molecule has 1 aromatic rings. The van der Waals surface area contributed by atoms with Crippen LogP contribution < -0.4 is 5.32 Å². The van der Waals surface area contributed by atoms with Crippen molar-refractivity contribution in [1.82, 2.24) is 15.2 Å². The Bertz CT molecular complexity index is 615. The van der Waals surface area contributed by atoms with Gasteiger partial charge in [-0.2, -0.15) is 0 Å². The van der Waals surface area contributed by atoms with Crippen LogP contribution >= 0.6 is 0 Å². The van der Waals surface area contributed by atoms with Gasteiger partial charge in [0.15, 0.2) is 5.78 Å². The number of amides is 2. The number of aromatic amines is 1. The molecule has 0 radical (unpaired) electrons. The van der Waals surface area contributed by atoms with Gasteiger partial charge in [0.05, 0.1) is 0 Å². The minimum atomic E-state index is -0.536. The molecular weight excluding hydrogens is 298 g/mol. The molecule has 2 rings (SSSR count). The third-order valence-corrected chi connectivity index (χ3v) is 3.51. The number of carbonyl (C=O) groups is 3. The lowest BCUT2D eigenvalue weighted by atomic mass is 10.2. The van der Waals surface area contributed by atoms with Crippen molar-refractivity contribution in [2.45, 2.75) is 45.8 Å². The maximum atomic E-state index is 12.2.